The van der Waals surface area contributed by atoms with Crippen LogP contribution in [0, 0.1) is 15.9 Å². The molecule has 0 atom stereocenters. The number of aromatic nitrogens is 2. The standard InChI is InChI=1S/C14H17FN4O2/c1-9(2)14-10(8-18(3)17-14)7-16-13-5-4-11(19(20)21)6-12(13)15/h4-6,8-9,16H,7H2,1-3H3. The van der Waals surface area contributed by atoms with Gasteiger partial charge in [-0.1, -0.05) is 13.8 Å². The van der Waals surface area contributed by atoms with Gasteiger partial charge in [0, 0.05) is 31.4 Å². The molecule has 21 heavy (non-hydrogen) atoms. The molecule has 2 aromatic rings. The molecule has 0 radical (unpaired) electrons. The molecule has 1 heterocycles. The highest BCUT2D eigenvalue weighted by Crippen LogP contribution is 2.23. The number of nitrogens with zero attached hydrogens (tertiary/aromatic N) is 3. The van der Waals surface area contributed by atoms with Crippen LogP contribution in [0.25, 0.3) is 0 Å². The highest BCUT2D eigenvalue weighted by molar-refractivity contribution is 5.50. The summed E-state index contributed by atoms with van der Waals surface area (Å²) in [5.74, 6) is -0.371. The molecule has 0 aliphatic heterocycles. The van der Waals surface area contributed by atoms with Gasteiger partial charge >= 0.3 is 0 Å². The smallest absolute Gasteiger partial charge is 0.272 e. The van der Waals surface area contributed by atoms with Crippen LogP contribution in [0.15, 0.2) is 24.4 Å². The summed E-state index contributed by atoms with van der Waals surface area (Å²) >= 11 is 0. The zero-order valence-electron chi connectivity index (χ0n) is 12.1. The maximum atomic E-state index is 13.8. The Bertz CT molecular complexity index is 667. The van der Waals surface area contributed by atoms with Crippen LogP contribution in [0.4, 0.5) is 15.8 Å². The summed E-state index contributed by atoms with van der Waals surface area (Å²) in [4.78, 5) is 9.95. The van der Waals surface area contributed by atoms with Gasteiger partial charge in [0.2, 0.25) is 0 Å². The molecule has 0 aliphatic carbocycles. The Balaban J connectivity index is 2.15. The molecular formula is C14H17FN4O2. The van der Waals surface area contributed by atoms with Gasteiger partial charge in [0.1, 0.15) is 0 Å². The van der Waals surface area contributed by atoms with Gasteiger partial charge in [-0.25, -0.2) is 4.39 Å². The lowest BCUT2D eigenvalue weighted by molar-refractivity contribution is -0.385. The van der Waals surface area contributed by atoms with Gasteiger partial charge in [0.05, 0.1) is 22.4 Å². The number of rotatable bonds is 5. The van der Waals surface area contributed by atoms with Crippen molar-refractivity contribution in [1.82, 2.24) is 9.78 Å². The second-order valence-electron chi connectivity index (χ2n) is 5.14. The van der Waals surface area contributed by atoms with Crippen molar-refractivity contribution in [1.29, 1.82) is 0 Å². The van der Waals surface area contributed by atoms with Gasteiger partial charge in [0.15, 0.2) is 5.82 Å². The van der Waals surface area contributed by atoms with Gasteiger partial charge in [-0.3, -0.25) is 14.8 Å². The van der Waals surface area contributed by atoms with E-state index < -0.39 is 10.7 Å². The zero-order valence-corrected chi connectivity index (χ0v) is 12.1. The van der Waals surface area contributed by atoms with Gasteiger partial charge < -0.3 is 5.32 Å². The first kappa shape index (κ1) is 15.0. The van der Waals surface area contributed by atoms with E-state index >= 15 is 0 Å². The fourth-order valence-electron chi connectivity index (χ4n) is 2.13. The topological polar surface area (TPSA) is 73.0 Å². The molecule has 7 heteroatoms. The van der Waals surface area contributed by atoms with Crippen molar-refractivity contribution < 1.29 is 9.31 Å². The van der Waals surface area contributed by atoms with Crippen molar-refractivity contribution in [2.75, 3.05) is 5.32 Å². The fourth-order valence-corrected chi connectivity index (χ4v) is 2.13. The minimum Gasteiger partial charge on any atom is -0.378 e. The van der Waals surface area contributed by atoms with Crippen LogP contribution in [0.1, 0.15) is 31.0 Å². The van der Waals surface area contributed by atoms with Crippen LogP contribution in [-0.4, -0.2) is 14.7 Å². The molecule has 0 saturated carbocycles. The molecule has 1 aromatic carbocycles. The molecule has 0 aliphatic rings. The highest BCUT2D eigenvalue weighted by Gasteiger charge is 2.13. The third-order valence-electron chi connectivity index (χ3n) is 3.12. The maximum absolute atomic E-state index is 13.8. The lowest BCUT2D eigenvalue weighted by Gasteiger charge is -2.09. The summed E-state index contributed by atoms with van der Waals surface area (Å²) < 4.78 is 15.5. The number of nitro groups is 1. The molecule has 2 rings (SSSR count). The number of aryl methyl sites for hydroxylation is 1. The summed E-state index contributed by atoms with van der Waals surface area (Å²) in [6.07, 6.45) is 1.88. The van der Waals surface area contributed by atoms with Gasteiger partial charge in [0.25, 0.3) is 5.69 Å². The van der Waals surface area contributed by atoms with E-state index in [2.05, 4.69) is 10.4 Å². The Kier molecular flexibility index (Phi) is 4.21. The number of anilines is 1. The second kappa shape index (κ2) is 5.90. The largest absolute Gasteiger partial charge is 0.378 e. The first-order chi connectivity index (χ1) is 9.88. The number of hydrogen-bond acceptors (Lipinski definition) is 4. The molecule has 6 nitrogen and oxygen atoms in total. The lowest BCUT2D eigenvalue weighted by atomic mass is 10.1. The molecule has 112 valence electrons. The zero-order chi connectivity index (χ0) is 15.6. The van der Waals surface area contributed by atoms with Crippen LogP contribution < -0.4 is 5.32 Å². The van der Waals surface area contributed by atoms with E-state index in [1.165, 1.54) is 12.1 Å². The third-order valence-corrected chi connectivity index (χ3v) is 3.12. The van der Waals surface area contributed by atoms with Gasteiger partial charge in [-0.2, -0.15) is 5.10 Å². The molecule has 1 aromatic heterocycles. The molecule has 0 unspecified atom stereocenters. The second-order valence-corrected chi connectivity index (χ2v) is 5.14. The van der Waals surface area contributed by atoms with E-state index in [0.29, 0.717) is 6.54 Å². The Hall–Kier alpha value is -2.44. The van der Waals surface area contributed by atoms with Crippen LogP contribution in [0.2, 0.25) is 0 Å². The maximum Gasteiger partial charge on any atom is 0.272 e. The van der Waals surface area contributed by atoms with Crippen molar-refractivity contribution in [3.8, 4) is 0 Å². The summed E-state index contributed by atoms with van der Waals surface area (Å²) in [7, 11) is 1.84. The van der Waals surface area contributed by atoms with E-state index in [9.17, 15) is 14.5 Å². The molecule has 1 N–H and O–H groups in total. The minimum absolute atomic E-state index is 0.235. The monoisotopic (exact) mass is 292 g/mol. The van der Waals surface area contributed by atoms with Crippen LogP contribution >= 0.6 is 0 Å². The normalized spacial score (nSPS) is 10.9. The quantitative estimate of drug-likeness (QED) is 0.678. The Morgan fingerprint density at radius 1 is 1.48 bits per heavy atom. The van der Waals surface area contributed by atoms with Crippen molar-refractivity contribution in [2.45, 2.75) is 26.3 Å². The van der Waals surface area contributed by atoms with Gasteiger partial charge in [-0.15, -0.1) is 0 Å². The summed E-state index contributed by atoms with van der Waals surface area (Å²) in [5.41, 5.74) is 1.90. The first-order valence-electron chi connectivity index (χ1n) is 6.58. The number of halogens is 1. The number of nitrogens with one attached hydrogen (secondary N) is 1. The molecular weight excluding hydrogens is 275 g/mol. The summed E-state index contributed by atoms with van der Waals surface area (Å²) in [5, 5.41) is 17.9. The molecule has 0 amide bonds. The van der Waals surface area contributed by atoms with Crippen molar-refractivity contribution in [2.24, 2.45) is 7.05 Å². The van der Waals surface area contributed by atoms with E-state index in [0.717, 1.165) is 17.3 Å². The average molecular weight is 292 g/mol. The van der Waals surface area contributed by atoms with Crippen LogP contribution in [0.5, 0.6) is 0 Å². The number of non-ortho nitro benzene ring substituents is 1. The van der Waals surface area contributed by atoms with E-state index in [1.54, 1.807) is 4.68 Å². The van der Waals surface area contributed by atoms with Crippen molar-refractivity contribution >= 4 is 11.4 Å². The lowest BCUT2D eigenvalue weighted by Crippen LogP contribution is -2.04. The SMILES string of the molecule is CC(C)c1nn(C)cc1CNc1ccc([N+](=O)[O-])cc1F. The summed E-state index contributed by atoms with van der Waals surface area (Å²) in [6.45, 7) is 4.49. The van der Waals surface area contributed by atoms with E-state index in [-0.39, 0.29) is 17.3 Å². The minimum atomic E-state index is -0.640. The Morgan fingerprint density at radius 3 is 2.76 bits per heavy atom. The van der Waals surface area contributed by atoms with Crippen molar-refractivity contribution in [3.63, 3.8) is 0 Å². The molecule has 0 spiro atoms. The molecule has 0 fully saturated rings. The number of benzene rings is 1. The van der Waals surface area contributed by atoms with Gasteiger partial charge in [-0.05, 0) is 12.0 Å². The first-order valence-corrected chi connectivity index (χ1v) is 6.58. The number of hydrogen-bond donors (Lipinski definition) is 1. The predicted molar refractivity (Wildman–Crippen MR) is 77.7 cm³/mol. The highest BCUT2D eigenvalue weighted by atomic mass is 19.1. The fraction of sp³-hybridized carbons (Fsp3) is 0.357. The average Bonchev–Trinajstić information content (AvgIpc) is 2.78. The Labute approximate surface area is 121 Å². The van der Waals surface area contributed by atoms with Crippen LogP contribution in [0.3, 0.4) is 0 Å². The van der Waals surface area contributed by atoms with Crippen molar-refractivity contribution in [3.05, 3.63) is 51.6 Å². The third kappa shape index (κ3) is 3.36. The molecule has 0 bridgehead atoms. The predicted octanol–water partition coefficient (Wildman–Crippen LogP) is 3.20. The Morgan fingerprint density at radius 2 is 2.19 bits per heavy atom. The molecule has 0 saturated heterocycles. The van der Waals surface area contributed by atoms with Crippen LogP contribution in [-0.2, 0) is 13.6 Å². The number of nitro benzene ring substituents is 1. The van der Waals surface area contributed by atoms with E-state index in [1.807, 2.05) is 27.1 Å². The van der Waals surface area contributed by atoms with E-state index in [4.69, 9.17) is 0 Å². The summed E-state index contributed by atoms with van der Waals surface area (Å²) in [6, 6.07) is 3.56.